The molecule has 0 aromatic carbocycles. The lowest BCUT2D eigenvalue weighted by molar-refractivity contribution is 0.100. The van der Waals surface area contributed by atoms with Gasteiger partial charge in [-0.05, 0) is 19.4 Å². The molecule has 0 spiro atoms. The highest BCUT2D eigenvalue weighted by Crippen LogP contribution is 2.19. The Balaban J connectivity index is 3.07. The first-order chi connectivity index (χ1) is 7.47. The highest BCUT2D eigenvalue weighted by Gasteiger charge is 2.13. The van der Waals surface area contributed by atoms with Gasteiger partial charge in [0, 0.05) is 13.1 Å². The maximum Gasteiger partial charge on any atom is 0.250 e. The van der Waals surface area contributed by atoms with Crippen LogP contribution in [-0.2, 0) is 0 Å². The fraction of sp³-hybridized carbons (Fsp3) is 0.455. The van der Waals surface area contributed by atoms with Crippen molar-refractivity contribution >= 4 is 17.4 Å². The molecular formula is C11H18N4O. The Hall–Kier alpha value is -1.78. The minimum absolute atomic E-state index is 0.314. The zero-order chi connectivity index (χ0) is 12.3. The van der Waals surface area contributed by atoms with Crippen LogP contribution >= 0.6 is 0 Å². The Kier molecular flexibility index (Phi) is 3.71. The number of primary amides is 1. The average Bonchev–Trinajstić information content (AvgIpc) is 2.27. The molecule has 16 heavy (non-hydrogen) atoms. The fourth-order valence-electron chi connectivity index (χ4n) is 1.36. The van der Waals surface area contributed by atoms with Crippen LogP contribution in [-0.4, -0.2) is 24.0 Å². The maximum absolute atomic E-state index is 11.1. The van der Waals surface area contributed by atoms with Crippen molar-refractivity contribution in [3.05, 3.63) is 17.8 Å². The lowest BCUT2D eigenvalue weighted by Gasteiger charge is -2.25. The molecular weight excluding hydrogens is 204 g/mol. The van der Waals surface area contributed by atoms with E-state index < -0.39 is 5.91 Å². The van der Waals surface area contributed by atoms with Gasteiger partial charge < -0.3 is 16.4 Å². The van der Waals surface area contributed by atoms with Crippen LogP contribution in [0.3, 0.4) is 0 Å². The molecule has 5 nitrogen and oxygen atoms in total. The Labute approximate surface area is 95.4 Å². The van der Waals surface area contributed by atoms with Gasteiger partial charge in [-0.25, -0.2) is 4.98 Å². The van der Waals surface area contributed by atoms with Crippen LogP contribution in [0.4, 0.5) is 11.5 Å². The molecule has 1 aromatic rings. The van der Waals surface area contributed by atoms with E-state index in [-0.39, 0.29) is 0 Å². The van der Waals surface area contributed by atoms with E-state index in [1.165, 1.54) is 6.20 Å². The lowest BCUT2D eigenvalue weighted by atomic mass is 10.2. The number of anilines is 2. The van der Waals surface area contributed by atoms with Crippen LogP contribution in [0.15, 0.2) is 12.3 Å². The fourth-order valence-corrected chi connectivity index (χ4v) is 1.36. The van der Waals surface area contributed by atoms with Gasteiger partial charge in [-0.15, -0.1) is 0 Å². The predicted molar refractivity (Wildman–Crippen MR) is 65.3 cm³/mol. The molecule has 1 heterocycles. The number of pyridine rings is 1. The molecule has 0 aliphatic carbocycles. The number of rotatable bonds is 4. The van der Waals surface area contributed by atoms with Crippen molar-refractivity contribution in [1.29, 1.82) is 0 Å². The van der Waals surface area contributed by atoms with Gasteiger partial charge in [-0.2, -0.15) is 0 Å². The second-order valence-electron chi connectivity index (χ2n) is 3.86. The number of nitrogens with two attached hydrogens (primary N) is 2. The standard InChI is InChI=1S/C11H18N4O/c1-4-7(2)15(3)10-5-8(11(13)16)9(12)6-14-10/h5-7H,4,12H2,1-3H3,(H2,13,16). The minimum Gasteiger partial charge on any atom is -0.397 e. The quantitative estimate of drug-likeness (QED) is 0.795. The molecule has 4 N–H and O–H groups in total. The van der Waals surface area contributed by atoms with E-state index >= 15 is 0 Å². The first-order valence-electron chi connectivity index (χ1n) is 5.25. The third-order valence-corrected chi connectivity index (χ3v) is 2.80. The molecule has 0 aliphatic heterocycles. The monoisotopic (exact) mass is 222 g/mol. The number of hydrogen-bond donors (Lipinski definition) is 2. The number of nitrogens with zero attached hydrogens (tertiary/aromatic N) is 2. The van der Waals surface area contributed by atoms with Crippen LogP contribution in [0, 0.1) is 0 Å². The van der Waals surface area contributed by atoms with Crippen molar-refractivity contribution in [2.24, 2.45) is 5.73 Å². The molecule has 1 aromatic heterocycles. The third kappa shape index (κ3) is 2.42. The smallest absolute Gasteiger partial charge is 0.250 e. The molecule has 0 fully saturated rings. The summed E-state index contributed by atoms with van der Waals surface area (Å²) < 4.78 is 0. The largest absolute Gasteiger partial charge is 0.397 e. The van der Waals surface area contributed by atoms with Gasteiger partial charge in [0.15, 0.2) is 0 Å². The van der Waals surface area contributed by atoms with Crippen molar-refractivity contribution in [3.8, 4) is 0 Å². The lowest BCUT2D eigenvalue weighted by Crippen LogP contribution is -2.29. The van der Waals surface area contributed by atoms with Crippen LogP contribution in [0.1, 0.15) is 30.6 Å². The van der Waals surface area contributed by atoms with E-state index in [1.807, 2.05) is 11.9 Å². The van der Waals surface area contributed by atoms with Crippen LogP contribution < -0.4 is 16.4 Å². The molecule has 1 unspecified atom stereocenters. The van der Waals surface area contributed by atoms with E-state index in [9.17, 15) is 4.79 Å². The van der Waals surface area contributed by atoms with Gasteiger partial charge in [0.2, 0.25) is 0 Å². The summed E-state index contributed by atoms with van der Waals surface area (Å²) in [6.07, 6.45) is 2.46. The molecule has 5 heteroatoms. The number of nitrogen functional groups attached to an aromatic ring is 1. The van der Waals surface area contributed by atoms with Gasteiger partial charge >= 0.3 is 0 Å². The summed E-state index contributed by atoms with van der Waals surface area (Å²) in [5, 5.41) is 0. The molecule has 88 valence electrons. The highest BCUT2D eigenvalue weighted by molar-refractivity contribution is 5.98. The zero-order valence-electron chi connectivity index (χ0n) is 9.90. The molecule has 0 radical (unpaired) electrons. The van der Waals surface area contributed by atoms with E-state index in [0.717, 1.165) is 6.42 Å². The zero-order valence-corrected chi connectivity index (χ0v) is 9.90. The normalized spacial score (nSPS) is 12.2. The van der Waals surface area contributed by atoms with Crippen molar-refractivity contribution in [3.63, 3.8) is 0 Å². The molecule has 1 rings (SSSR count). The van der Waals surface area contributed by atoms with E-state index in [0.29, 0.717) is 23.1 Å². The van der Waals surface area contributed by atoms with Crippen molar-refractivity contribution in [2.75, 3.05) is 17.7 Å². The maximum atomic E-state index is 11.1. The summed E-state index contributed by atoms with van der Waals surface area (Å²) in [7, 11) is 1.93. The Morgan fingerprint density at radius 2 is 2.25 bits per heavy atom. The third-order valence-electron chi connectivity index (χ3n) is 2.80. The SMILES string of the molecule is CCC(C)N(C)c1cc(C(N)=O)c(N)cn1. The first kappa shape index (κ1) is 12.3. The Morgan fingerprint density at radius 1 is 1.62 bits per heavy atom. The average molecular weight is 222 g/mol. The van der Waals surface area contributed by atoms with E-state index in [1.54, 1.807) is 6.07 Å². The second-order valence-corrected chi connectivity index (χ2v) is 3.86. The summed E-state index contributed by atoms with van der Waals surface area (Å²) in [5.74, 6) is 0.177. The van der Waals surface area contributed by atoms with Gasteiger partial charge in [0.25, 0.3) is 5.91 Å². The van der Waals surface area contributed by atoms with Crippen LogP contribution in [0.5, 0.6) is 0 Å². The number of carbonyl (C=O) groups excluding carboxylic acids is 1. The summed E-state index contributed by atoms with van der Waals surface area (Å²) in [5.41, 5.74) is 11.5. The molecule has 0 saturated heterocycles. The number of amides is 1. The molecule has 1 amide bonds. The van der Waals surface area contributed by atoms with E-state index in [4.69, 9.17) is 11.5 Å². The second kappa shape index (κ2) is 4.83. The van der Waals surface area contributed by atoms with Crippen molar-refractivity contribution < 1.29 is 4.79 Å². The van der Waals surface area contributed by atoms with Gasteiger partial charge in [-0.1, -0.05) is 6.92 Å². The van der Waals surface area contributed by atoms with Crippen molar-refractivity contribution in [1.82, 2.24) is 4.98 Å². The van der Waals surface area contributed by atoms with E-state index in [2.05, 4.69) is 18.8 Å². The van der Waals surface area contributed by atoms with Crippen molar-refractivity contribution in [2.45, 2.75) is 26.3 Å². The minimum atomic E-state index is -0.529. The van der Waals surface area contributed by atoms with Gasteiger partial charge in [0.1, 0.15) is 5.82 Å². The molecule has 1 atom stereocenters. The number of aromatic nitrogens is 1. The number of carbonyl (C=O) groups is 1. The summed E-state index contributed by atoms with van der Waals surface area (Å²) >= 11 is 0. The summed E-state index contributed by atoms with van der Waals surface area (Å²) in [4.78, 5) is 17.3. The van der Waals surface area contributed by atoms with Crippen LogP contribution in [0.2, 0.25) is 0 Å². The van der Waals surface area contributed by atoms with Gasteiger partial charge in [0.05, 0.1) is 17.4 Å². The Morgan fingerprint density at radius 3 is 2.75 bits per heavy atom. The predicted octanol–water partition coefficient (Wildman–Crippen LogP) is 0.997. The molecule has 0 bridgehead atoms. The molecule has 0 aliphatic rings. The first-order valence-corrected chi connectivity index (χ1v) is 5.25. The molecule has 0 saturated carbocycles. The van der Waals surface area contributed by atoms with Gasteiger partial charge in [-0.3, -0.25) is 4.79 Å². The van der Waals surface area contributed by atoms with Crippen LogP contribution in [0.25, 0.3) is 0 Å². The summed E-state index contributed by atoms with van der Waals surface area (Å²) in [6.45, 7) is 4.18. The Bertz CT molecular complexity index is 392. The number of hydrogen-bond acceptors (Lipinski definition) is 4. The topological polar surface area (TPSA) is 85.2 Å². The highest BCUT2D eigenvalue weighted by atomic mass is 16.1. The summed E-state index contributed by atoms with van der Waals surface area (Å²) in [6, 6.07) is 1.97.